The summed E-state index contributed by atoms with van der Waals surface area (Å²) >= 11 is 0. The Bertz CT molecular complexity index is 811. The van der Waals surface area contributed by atoms with Crippen molar-refractivity contribution in [2.45, 2.75) is 32.7 Å². The first-order valence-corrected chi connectivity index (χ1v) is 8.39. The Labute approximate surface area is 142 Å². The molecule has 122 valence electrons. The molecule has 2 heterocycles. The summed E-state index contributed by atoms with van der Waals surface area (Å²) in [6, 6.07) is 11.8. The highest BCUT2D eigenvalue weighted by Gasteiger charge is 2.43. The molecule has 1 aliphatic carbocycles. The zero-order chi connectivity index (χ0) is 16.7. The Morgan fingerprint density at radius 3 is 2.75 bits per heavy atom. The minimum absolute atomic E-state index is 0.0365. The van der Waals surface area contributed by atoms with Crippen LogP contribution in [-0.2, 0) is 4.79 Å². The van der Waals surface area contributed by atoms with E-state index in [4.69, 9.17) is 4.99 Å². The largest absolute Gasteiger partial charge is 0.375 e. The van der Waals surface area contributed by atoms with Gasteiger partial charge in [0.05, 0.1) is 23.3 Å². The number of fused-ring (bicyclic) bond motifs is 2. The first kappa shape index (κ1) is 15.1. The summed E-state index contributed by atoms with van der Waals surface area (Å²) in [6.07, 6.45) is 5.03. The Hall–Kier alpha value is -2.49. The lowest BCUT2D eigenvalue weighted by molar-refractivity contribution is -0.124. The molecule has 2 aromatic rings. The van der Waals surface area contributed by atoms with Gasteiger partial charge in [-0.25, -0.2) is 0 Å². The van der Waals surface area contributed by atoms with Crippen molar-refractivity contribution in [2.24, 2.45) is 16.3 Å². The third-order valence-electron chi connectivity index (χ3n) is 4.87. The number of pyridine rings is 1. The number of benzene rings is 1. The molecule has 4 rings (SSSR count). The number of para-hydroxylation sites is 2. The number of aliphatic imine (C=N–C) groups is 1. The van der Waals surface area contributed by atoms with Gasteiger partial charge < -0.3 is 5.32 Å². The molecule has 1 aromatic heterocycles. The van der Waals surface area contributed by atoms with Crippen molar-refractivity contribution in [1.82, 2.24) is 4.98 Å². The predicted octanol–water partition coefficient (Wildman–Crippen LogP) is 4.33. The number of carbonyl (C=O) groups is 1. The summed E-state index contributed by atoms with van der Waals surface area (Å²) in [4.78, 5) is 22.1. The highest BCUT2D eigenvalue weighted by molar-refractivity contribution is 6.10. The molecular weight excluding hydrogens is 298 g/mol. The summed E-state index contributed by atoms with van der Waals surface area (Å²) in [5.41, 5.74) is 3.86. The van der Waals surface area contributed by atoms with Gasteiger partial charge in [-0.15, -0.1) is 0 Å². The van der Waals surface area contributed by atoms with Gasteiger partial charge in [0.2, 0.25) is 0 Å². The first-order valence-electron chi connectivity index (χ1n) is 8.39. The van der Waals surface area contributed by atoms with Crippen LogP contribution in [0.5, 0.6) is 0 Å². The minimum atomic E-state index is -0.227. The molecular formula is C20H21N3O. The third-order valence-corrected chi connectivity index (χ3v) is 4.87. The molecule has 4 nitrogen and oxygen atoms in total. The molecule has 0 amide bonds. The average molecular weight is 319 g/mol. The maximum absolute atomic E-state index is 13.0. The Balaban J connectivity index is 1.87. The van der Waals surface area contributed by atoms with Crippen LogP contribution in [0.25, 0.3) is 0 Å². The predicted molar refractivity (Wildman–Crippen MR) is 95.6 cm³/mol. The molecule has 24 heavy (non-hydrogen) atoms. The van der Waals surface area contributed by atoms with Crippen LogP contribution in [0.4, 0.5) is 11.4 Å². The van der Waals surface area contributed by atoms with Gasteiger partial charge in [-0.3, -0.25) is 14.8 Å². The standard InChI is InChI=1S/C20H21N3O/c1-20(2)10-16-18(17(24)11-20)19(13-6-5-9-21-12-13)23-15-8-4-3-7-14(15)22-16/h3-9,12,18-19,23H,10-11H2,1-2H3/t18?,19-/m1/s1. The van der Waals surface area contributed by atoms with Crippen molar-refractivity contribution in [3.63, 3.8) is 0 Å². The van der Waals surface area contributed by atoms with Gasteiger partial charge in [-0.1, -0.05) is 32.0 Å². The van der Waals surface area contributed by atoms with Crippen LogP contribution >= 0.6 is 0 Å². The molecule has 2 atom stereocenters. The molecule has 2 aliphatic rings. The molecule has 1 fully saturated rings. The first-order chi connectivity index (χ1) is 11.5. The molecule has 1 aliphatic heterocycles. The molecule has 0 bridgehead atoms. The van der Waals surface area contributed by atoms with E-state index in [1.54, 1.807) is 6.20 Å². The van der Waals surface area contributed by atoms with Crippen molar-refractivity contribution in [3.8, 4) is 0 Å². The number of Topliss-reactive ketones (excluding diaryl/α,β-unsaturated/α-hetero) is 1. The minimum Gasteiger partial charge on any atom is -0.375 e. The summed E-state index contributed by atoms with van der Waals surface area (Å²) in [5.74, 6) is 0.0359. The smallest absolute Gasteiger partial charge is 0.144 e. The summed E-state index contributed by atoms with van der Waals surface area (Å²) in [5, 5.41) is 3.56. The fourth-order valence-corrected chi connectivity index (χ4v) is 3.85. The highest BCUT2D eigenvalue weighted by Crippen LogP contribution is 2.44. The van der Waals surface area contributed by atoms with Crippen LogP contribution in [0.1, 0.15) is 38.3 Å². The van der Waals surface area contributed by atoms with E-state index in [1.807, 2.05) is 42.6 Å². The van der Waals surface area contributed by atoms with E-state index in [0.717, 1.165) is 29.1 Å². The molecule has 0 saturated heterocycles. The normalized spacial score (nSPS) is 24.9. The van der Waals surface area contributed by atoms with Gasteiger partial charge in [0.15, 0.2) is 0 Å². The second kappa shape index (κ2) is 5.55. The lowest BCUT2D eigenvalue weighted by Crippen LogP contribution is -2.42. The van der Waals surface area contributed by atoms with Gasteiger partial charge in [0.25, 0.3) is 0 Å². The zero-order valence-corrected chi connectivity index (χ0v) is 14.0. The maximum atomic E-state index is 13.0. The van der Waals surface area contributed by atoms with Gasteiger partial charge >= 0.3 is 0 Å². The molecule has 1 unspecified atom stereocenters. The molecule has 0 radical (unpaired) electrons. The van der Waals surface area contributed by atoms with E-state index in [-0.39, 0.29) is 23.2 Å². The van der Waals surface area contributed by atoms with E-state index >= 15 is 0 Å². The van der Waals surface area contributed by atoms with Gasteiger partial charge in [-0.05, 0) is 35.6 Å². The van der Waals surface area contributed by atoms with Crippen molar-refractivity contribution in [3.05, 3.63) is 54.4 Å². The number of nitrogens with one attached hydrogen (secondary N) is 1. The van der Waals surface area contributed by atoms with Crippen molar-refractivity contribution < 1.29 is 4.79 Å². The van der Waals surface area contributed by atoms with E-state index in [9.17, 15) is 4.79 Å². The van der Waals surface area contributed by atoms with Crippen LogP contribution in [0, 0.1) is 11.3 Å². The molecule has 0 spiro atoms. The fourth-order valence-electron chi connectivity index (χ4n) is 3.85. The maximum Gasteiger partial charge on any atom is 0.144 e. The van der Waals surface area contributed by atoms with Crippen molar-refractivity contribution in [1.29, 1.82) is 0 Å². The number of ketones is 1. The summed E-state index contributed by atoms with van der Waals surface area (Å²) in [7, 11) is 0. The number of hydrogen-bond acceptors (Lipinski definition) is 4. The molecule has 4 heteroatoms. The monoisotopic (exact) mass is 319 g/mol. The number of anilines is 1. The van der Waals surface area contributed by atoms with Crippen LogP contribution in [-0.4, -0.2) is 16.5 Å². The Morgan fingerprint density at radius 1 is 1.12 bits per heavy atom. The zero-order valence-electron chi connectivity index (χ0n) is 14.0. The second-order valence-electron chi connectivity index (χ2n) is 7.49. The van der Waals surface area contributed by atoms with E-state index in [1.165, 1.54) is 0 Å². The van der Waals surface area contributed by atoms with Crippen molar-refractivity contribution in [2.75, 3.05) is 5.32 Å². The number of carbonyl (C=O) groups excluding carboxylic acids is 1. The van der Waals surface area contributed by atoms with Crippen LogP contribution in [0.3, 0.4) is 0 Å². The number of aromatic nitrogens is 1. The lowest BCUT2D eigenvalue weighted by atomic mass is 9.68. The van der Waals surface area contributed by atoms with Crippen LogP contribution in [0.2, 0.25) is 0 Å². The van der Waals surface area contributed by atoms with Crippen LogP contribution in [0.15, 0.2) is 53.8 Å². The average Bonchev–Trinajstić information content (AvgIpc) is 2.70. The summed E-state index contributed by atoms with van der Waals surface area (Å²) < 4.78 is 0. The van der Waals surface area contributed by atoms with E-state index < -0.39 is 0 Å². The topological polar surface area (TPSA) is 54.4 Å². The highest BCUT2D eigenvalue weighted by atomic mass is 16.1. The van der Waals surface area contributed by atoms with E-state index in [0.29, 0.717) is 6.42 Å². The van der Waals surface area contributed by atoms with Crippen molar-refractivity contribution >= 4 is 22.9 Å². The molecule has 1 saturated carbocycles. The fraction of sp³-hybridized carbons (Fsp3) is 0.350. The van der Waals surface area contributed by atoms with Gasteiger partial charge in [0, 0.05) is 24.5 Å². The van der Waals surface area contributed by atoms with E-state index in [2.05, 4.69) is 24.1 Å². The summed E-state index contributed by atoms with van der Waals surface area (Å²) in [6.45, 7) is 4.29. The van der Waals surface area contributed by atoms with Crippen LogP contribution < -0.4 is 5.32 Å². The SMILES string of the molecule is CC1(C)CC(=O)C2C(=Nc3ccccc3N[C@@H]2c2cccnc2)C1. The second-order valence-corrected chi connectivity index (χ2v) is 7.49. The molecule has 1 aromatic carbocycles. The number of rotatable bonds is 1. The number of hydrogen-bond donors (Lipinski definition) is 1. The third kappa shape index (κ3) is 2.62. The lowest BCUT2D eigenvalue weighted by Gasteiger charge is -2.37. The number of nitrogens with zero attached hydrogens (tertiary/aromatic N) is 2. The van der Waals surface area contributed by atoms with Gasteiger partial charge in [-0.2, -0.15) is 0 Å². The molecule has 1 N–H and O–H groups in total. The Morgan fingerprint density at radius 2 is 1.96 bits per heavy atom. The Kier molecular flexibility index (Phi) is 3.48. The van der Waals surface area contributed by atoms with Gasteiger partial charge in [0.1, 0.15) is 5.78 Å². The quantitative estimate of drug-likeness (QED) is 0.851.